The first-order valence-electron chi connectivity index (χ1n) is 5.84. The lowest BCUT2D eigenvalue weighted by Gasteiger charge is -2.24. The number of hydrogen-bond acceptors (Lipinski definition) is 3. The second-order valence-corrected chi connectivity index (χ2v) is 5.03. The van der Waals surface area contributed by atoms with Crippen LogP contribution in [0, 0.1) is 0 Å². The SMILES string of the molecule is CN1Cc2nc(Cl)ccc2N2CCC[C@H]2C1=O. The van der Waals surface area contributed by atoms with Gasteiger partial charge in [0.25, 0.3) is 0 Å². The molecule has 0 radical (unpaired) electrons. The van der Waals surface area contributed by atoms with E-state index in [-0.39, 0.29) is 11.9 Å². The Morgan fingerprint density at radius 2 is 2.29 bits per heavy atom. The number of anilines is 1. The normalized spacial score (nSPS) is 23.4. The van der Waals surface area contributed by atoms with Crippen molar-refractivity contribution < 1.29 is 4.79 Å². The minimum Gasteiger partial charge on any atom is -0.358 e. The highest BCUT2D eigenvalue weighted by molar-refractivity contribution is 6.29. The smallest absolute Gasteiger partial charge is 0.245 e. The highest BCUT2D eigenvalue weighted by atomic mass is 35.5. The molecule has 2 aliphatic rings. The lowest BCUT2D eigenvalue weighted by molar-refractivity contribution is -0.131. The summed E-state index contributed by atoms with van der Waals surface area (Å²) in [5.41, 5.74) is 1.97. The summed E-state index contributed by atoms with van der Waals surface area (Å²) < 4.78 is 0. The highest BCUT2D eigenvalue weighted by Gasteiger charge is 2.37. The first-order chi connectivity index (χ1) is 8.16. The summed E-state index contributed by atoms with van der Waals surface area (Å²) in [6, 6.07) is 3.77. The quantitative estimate of drug-likeness (QED) is 0.659. The fourth-order valence-electron chi connectivity index (χ4n) is 2.71. The maximum absolute atomic E-state index is 12.2. The third kappa shape index (κ3) is 1.67. The zero-order chi connectivity index (χ0) is 12.0. The van der Waals surface area contributed by atoms with E-state index in [0.717, 1.165) is 30.8 Å². The van der Waals surface area contributed by atoms with Gasteiger partial charge in [0.2, 0.25) is 5.91 Å². The average molecular weight is 252 g/mol. The van der Waals surface area contributed by atoms with Crippen LogP contribution in [0.5, 0.6) is 0 Å². The molecule has 0 saturated carbocycles. The van der Waals surface area contributed by atoms with E-state index in [1.807, 2.05) is 13.1 Å². The molecule has 0 N–H and O–H groups in total. The summed E-state index contributed by atoms with van der Waals surface area (Å²) in [5, 5.41) is 0.488. The number of halogens is 1. The monoisotopic (exact) mass is 251 g/mol. The molecule has 4 nitrogen and oxygen atoms in total. The maximum atomic E-state index is 12.2. The van der Waals surface area contributed by atoms with E-state index in [1.54, 1.807) is 11.0 Å². The second-order valence-electron chi connectivity index (χ2n) is 4.65. The summed E-state index contributed by atoms with van der Waals surface area (Å²) in [5.74, 6) is 0.191. The van der Waals surface area contributed by atoms with Gasteiger partial charge in [-0.3, -0.25) is 4.79 Å². The van der Waals surface area contributed by atoms with Crippen molar-refractivity contribution in [2.75, 3.05) is 18.5 Å². The zero-order valence-electron chi connectivity index (χ0n) is 9.69. The molecule has 1 atom stereocenters. The van der Waals surface area contributed by atoms with Gasteiger partial charge < -0.3 is 9.80 Å². The molecule has 17 heavy (non-hydrogen) atoms. The van der Waals surface area contributed by atoms with Gasteiger partial charge in [0, 0.05) is 13.6 Å². The van der Waals surface area contributed by atoms with Crippen LogP contribution in [0.2, 0.25) is 5.15 Å². The lowest BCUT2D eigenvalue weighted by Crippen LogP contribution is -2.41. The number of rotatable bonds is 0. The van der Waals surface area contributed by atoms with Crippen LogP contribution < -0.4 is 4.90 Å². The fraction of sp³-hybridized carbons (Fsp3) is 0.500. The number of hydrogen-bond donors (Lipinski definition) is 0. The topological polar surface area (TPSA) is 36.4 Å². The minimum atomic E-state index is -0.00998. The van der Waals surface area contributed by atoms with E-state index >= 15 is 0 Å². The number of carbonyl (C=O) groups excluding carboxylic acids is 1. The molecule has 90 valence electrons. The molecule has 1 saturated heterocycles. The van der Waals surface area contributed by atoms with Crippen LogP contribution in [0.4, 0.5) is 5.69 Å². The first-order valence-corrected chi connectivity index (χ1v) is 6.21. The number of carbonyl (C=O) groups is 1. The molecule has 3 heterocycles. The van der Waals surface area contributed by atoms with Crippen molar-refractivity contribution in [2.45, 2.75) is 25.4 Å². The summed E-state index contributed by atoms with van der Waals surface area (Å²) in [6.07, 6.45) is 2.00. The predicted octanol–water partition coefficient (Wildman–Crippen LogP) is 1.68. The van der Waals surface area contributed by atoms with Crippen LogP contribution in [0.15, 0.2) is 12.1 Å². The first kappa shape index (κ1) is 10.8. The van der Waals surface area contributed by atoms with Crippen LogP contribution in [-0.4, -0.2) is 35.4 Å². The minimum absolute atomic E-state index is 0.00998. The van der Waals surface area contributed by atoms with Crippen molar-refractivity contribution >= 4 is 23.2 Å². The van der Waals surface area contributed by atoms with Gasteiger partial charge in [0.1, 0.15) is 11.2 Å². The Kier molecular flexibility index (Phi) is 2.47. The van der Waals surface area contributed by atoms with Gasteiger partial charge in [0.05, 0.1) is 17.9 Å². The Morgan fingerprint density at radius 1 is 1.47 bits per heavy atom. The molecular weight excluding hydrogens is 238 g/mol. The van der Waals surface area contributed by atoms with Gasteiger partial charge in [-0.25, -0.2) is 4.98 Å². The molecule has 2 aliphatic heterocycles. The van der Waals surface area contributed by atoms with Gasteiger partial charge in [-0.15, -0.1) is 0 Å². The van der Waals surface area contributed by atoms with Crippen molar-refractivity contribution in [3.05, 3.63) is 23.0 Å². The molecule has 0 bridgehead atoms. The van der Waals surface area contributed by atoms with Crippen LogP contribution >= 0.6 is 11.6 Å². The number of pyridine rings is 1. The molecule has 0 spiro atoms. The molecule has 1 amide bonds. The number of likely N-dealkylation sites (N-methyl/N-ethyl adjacent to an activating group) is 1. The van der Waals surface area contributed by atoms with Gasteiger partial charge >= 0.3 is 0 Å². The number of aromatic nitrogens is 1. The molecule has 0 aliphatic carbocycles. The summed E-state index contributed by atoms with van der Waals surface area (Å²) in [4.78, 5) is 20.5. The average Bonchev–Trinajstić information content (AvgIpc) is 2.73. The summed E-state index contributed by atoms with van der Waals surface area (Å²) in [6.45, 7) is 1.47. The summed E-state index contributed by atoms with van der Waals surface area (Å²) >= 11 is 5.92. The number of fused-ring (bicyclic) bond motifs is 3. The Balaban J connectivity index is 2.11. The van der Waals surface area contributed by atoms with Crippen molar-refractivity contribution in [2.24, 2.45) is 0 Å². The van der Waals surface area contributed by atoms with Crippen molar-refractivity contribution in [1.29, 1.82) is 0 Å². The maximum Gasteiger partial charge on any atom is 0.245 e. The number of amides is 1. The highest BCUT2D eigenvalue weighted by Crippen LogP contribution is 2.33. The molecule has 1 aromatic heterocycles. The largest absolute Gasteiger partial charge is 0.358 e. The van der Waals surface area contributed by atoms with Crippen molar-refractivity contribution in [3.63, 3.8) is 0 Å². The van der Waals surface area contributed by atoms with E-state index in [1.165, 1.54) is 0 Å². The fourth-order valence-corrected chi connectivity index (χ4v) is 2.88. The molecule has 1 aromatic rings. The third-order valence-corrected chi connectivity index (χ3v) is 3.74. The Labute approximate surface area is 105 Å². The van der Waals surface area contributed by atoms with E-state index < -0.39 is 0 Å². The van der Waals surface area contributed by atoms with Crippen LogP contribution in [0.25, 0.3) is 0 Å². The predicted molar refractivity (Wildman–Crippen MR) is 66.1 cm³/mol. The van der Waals surface area contributed by atoms with Crippen molar-refractivity contribution in [3.8, 4) is 0 Å². The third-order valence-electron chi connectivity index (χ3n) is 3.53. The van der Waals surface area contributed by atoms with E-state index in [2.05, 4.69) is 9.88 Å². The van der Waals surface area contributed by atoms with Crippen LogP contribution in [-0.2, 0) is 11.3 Å². The van der Waals surface area contributed by atoms with Crippen LogP contribution in [0.3, 0.4) is 0 Å². The summed E-state index contributed by atoms with van der Waals surface area (Å²) in [7, 11) is 1.83. The molecule has 0 aromatic carbocycles. The molecule has 1 fully saturated rings. The van der Waals surface area contributed by atoms with Gasteiger partial charge in [-0.1, -0.05) is 11.6 Å². The zero-order valence-corrected chi connectivity index (χ0v) is 10.4. The Hall–Kier alpha value is -1.29. The lowest BCUT2D eigenvalue weighted by atomic mass is 10.2. The van der Waals surface area contributed by atoms with E-state index in [4.69, 9.17) is 11.6 Å². The standard InChI is InChI=1S/C12H14ClN3O/c1-15-7-8-9(4-5-11(13)14-8)16-6-2-3-10(16)12(15)17/h4-5,10H,2-3,6-7H2,1H3/t10-/m0/s1. The Bertz CT molecular complexity index is 477. The van der Waals surface area contributed by atoms with Gasteiger partial charge in [0.15, 0.2) is 0 Å². The van der Waals surface area contributed by atoms with E-state index in [9.17, 15) is 4.79 Å². The van der Waals surface area contributed by atoms with Gasteiger partial charge in [-0.05, 0) is 25.0 Å². The van der Waals surface area contributed by atoms with Gasteiger partial charge in [-0.2, -0.15) is 0 Å². The molecule has 0 unspecified atom stereocenters. The van der Waals surface area contributed by atoms with Crippen molar-refractivity contribution in [1.82, 2.24) is 9.88 Å². The molecule has 5 heteroatoms. The molecule has 3 rings (SSSR count). The van der Waals surface area contributed by atoms with Crippen LogP contribution in [0.1, 0.15) is 18.5 Å². The molecular formula is C12H14ClN3O. The van der Waals surface area contributed by atoms with E-state index in [0.29, 0.717) is 11.7 Å². The Morgan fingerprint density at radius 3 is 3.12 bits per heavy atom. The second kappa shape index (κ2) is 3.88. The number of nitrogens with zero attached hydrogens (tertiary/aromatic N) is 3.